The zero-order valence-electron chi connectivity index (χ0n) is 10.6. The first-order valence-corrected chi connectivity index (χ1v) is 6.69. The first kappa shape index (κ1) is 11.0. The lowest BCUT2D eigenvalue weighted by Gasteiger charge is -2.22. The molecule has 2 aliphatic rings. The smallest absolute Gasteiger partial charge is 0.250 e. The number of carbonyl (C=O) groups is 1. The minimum atomic E-state index is -0.416. The number of aromatic nitrogens is 2. The quantitative estimate of drug-likeness (QED) is 0.842. The molecule has 0 radical (unpaired) electrons. The molecule has 2 aliphatic heterocycles. The van der Waals surface area contributed by atoms with Crippen molar-refractivity contribution in [3.63, 3.8) is 0 Å². The van der Waals surface area contributed by atoms with E-state index >= 15 is 0 Å². The molecule has 5 heteroatoms. The lowest BCUT2D eigenvalue weighted by molar-refractivity contribution is 0.100. The molecule has 2 fully saturated rings. The summed E-state index contributed by atoms with van der Waals surface area (Å²) in [6, 6.07) is 5.54. The number of rotatable bonds is 2. The summed E-state index contributed by atoms with van der Waals surface area (Å²) in [6.07, 6.45) is 2.30. The fourth-order valence-electron chi connectivity index (χ4n) is 3.52. The standard InChI is InChI=1S/C14H16N4O/c15-12(19)9-2-1-3-10-11(9)17-13(16-10)14-4-6-18(8-14)7-5-14/h1-3H,4-8H2,(H2,15,19)(H,16,17). The Morgan fingerprint density at radius 2 is 2.16 bits per heavy atom. The average molecular weight is 256 g/mol. The van der Waals surface area contributed by atoms with Crippen molar-refractivity contribution in [3.05, 3.63) is 29.6 Å². The first-order chi connectivity index (χ1) is 9.18. The van der Waals surface area contributed by atoms with Crippen LogP contribution in [0.5, 0.6) is 0 Å². The number of hydrogen-bond acceptors (Lipinski definition) is 3. The highest BCUT2D eigenvalue weighted by Crippen LogP contribution is 2.42. The number of benzene rings is 1. The van der Waals surface area contributed by atoms with Gasteiger partial charge in [-0.05, 0) is 38.1 Å². The second-order valence-corrected chi connectivity index (χ2v) is 5.71. The van der Waals surface area contributed by atoms with Gasteiger partial charge < -0.3 is 15.6 Å². The highest BCUT2D eigenvalue weighted by Gasteiger charge is 2.47. The van der Waals surface area contributed by atoms with E-state index in [1.54, 1.807) is 6.07 Å². The number of nitrogens with zero attached hydrogens (tertiary/aromatic N) is 2. The van der Waals surface area contributed by atoms with Crippen molar-refractivity contribution >= 4 is 16.9 Å². The summed E-state index contributed by atoms with van der Waals surface area (Å²) in [5.74, 6) is 0.608. The van der Waals surface area contributed by atoms with Crippen LogP contribution in [0.4, 0.5) is 0 Å². The van der Waals surface area contributed by atoms with Crippen LogP contribution in [0.15, 0.2) is 18.2 Å². The average Bonchev–Trinajstić information content (AvgIpc) is 3.11. The molecule has 0 atom stereocenters. The summed E-state index contributed by atoms with van der Waals surface area (Å²) in [5.41, 5.74) is 7.70. The van der Waals surface area contributed by atoms with Crippen LogP contribution in [-0.2, 0) is 5.41 Å². The second-order valence-electron chi connectivity index (χ2n) is 5.71. The third-order valence-corrected chi connectivity index (χ3v) is 4.62. The minimum absolute atomic E-state index is 0.161. The Hall–Kier alpha value is -1.88. The number of imidazole rings is 1. The fraction of sp³-hybridized carbons (Fsp3) is 0.429. The third-order valence-electron chi connectivity index (χ3n) is 4.62. The lowest BCUT2D eigenvalue weighted by Crippen LogP contribution is -2.25. The predicted molar refractivity (Wildman–Crippen MR) is 72.0 cm³/mol. The molecule has 1 aromatic carbocycles. The van der Waals surface area contributed by atoms with Crippen LogP contribution in [0.3, 0.4) is 0 Å². The molecular weight excluding hydrogens is 240 g/mol. The number of nitrogens with one attached hydrogen (secondary N) is 1. The molecule has 0 unspecified atom stereocenters. The molecule has 98 valence electrons. The van der Waals surface area contributed by atoms with Gasteiger partial charge in [-0.15, -0.1) is 0 Å². The van der Waals surface area contributed by atoms with Crippen LogP contribution in [0.25, 0.3) is 11.0 Å². The number of amides is 1. The number of piperidine rings is 1. The molecule has 4 rings (SSSR count). The van der Waals surface area contributed by atoms with E-state index in [0.29, 0.717) is 11.1 Å². The van der Waals surface area contributed by atoms with Gasteiger partial charge in [0, 0.05) is 12.0 Å². The van der Waals surface area contributed by atoms with E-state index in [4.69, 9.17) is 10.7 Å². The Balaban J connectivity index is 1.89. The SMILES string of the molecule is NC(=O)c1cccc2[nH]c(C34CCN(CC3)C4)nc12. The second kappa shape index (κ2) is 3.57. The number of H-pyrrole nitrogens is 1. The van der Waals surface area contributed by atoms with Gasteiger partial charge in [-0.1, -0.05) is 6.07 Å². The largest absolute Gasteiger partial charge is 0.366 e. The van der Waals surface area contributed by atoms with E-state index in [-0.39, 0.29) is 5.41 Å². The highest BCUT2D eigenvalue weighted by atomic mass is 16.1. The summed E-state index contributed by atoms with van der Waals surface area (Å²) in [7, 11) is 0. The Morgan fingerprint density at radius 3 is 2.79 bits per heavy atom. The summed E-state index contributed by atoms with van der Waals surface area (Å²) in [6.45, 7) is 3.39. The molecule has 0 saturated carbocycles. The van der Waals surface area contributed by atoms with Gasteiger partial charge in [0.05, 0.1) is 11.1 Å². The normalized spacial score (nSPS) is 29.2. The van der Waals surface area contributed by atoms with Crippen LogP contribution < -0.4 is 5.73 Å². The third kappa shape index (κ3) is 1.45. The van der Waals surface area contributed by atoms with Crippen molar-refractivity contribution in [3.8, 4) is 0 Å². The topological polar surface area (TPSA) is 75.0 Å². The van der Waals surface area contributed by atoms with Gasteiger partial charge in [-0.2, -0.15) is 0 Å². The van der Waals surface area contributed by atoms with Crippen LogP contribution in [0.1, 0.15) is 29.0 Å². The van der Waals surface area contributed by atoms with Crippen LogP contribution in [0, 0.1) is 0 Å². The maximum Gasteiger partial charge on any atom is 0.250 e. The van der Waals surface area contributed by atoms with Gasteiger partial charge in [0.15, 0.2) is 0 Å². The van der Waals surface area contributed by atoms with Crippen molar-refractivity contribution in [2.45, 2.75) is 18.3 Å². The van der Waals surface area contributed by atoms with Crippen molar-refractivity contribution in [2.24, 2.45) is 5.73 Å². The maximum atomic E-state index is 11.5. The molecule has 5 nitrogen and oxygen atoms in total. The van der Waals surface area contributed by atoms with E-state index in [9.17, 15) is 4.79 Å². The van der Waals surface area contributed by atoms with Gasteiger partial charge in [-0.25, -0.2) is 4.98 Å². The van der Waals surface area contributed by atoms with Gasteiger partial charge in [0.2, 0.25) is 0 Å². The molecule has 0 aliphatic carbocycles. The summed E-state index contributed by atoms with van der Waals surface area (Å²) in [4.78, 5) is 22.0. The van der Waals surface area contributed by atoms with E-state index in [2.05, 4.69) is 9.88 Å². The molecule has 3 heterocycles. The predicted octanol–water partition coefficient (Wildman–Crippen LogP) is 1.01. The Bertz CT molecular complexity index is 667. The molecule has 19 heavy (non-hydrogen) atoms. The molecular formula is C14H16N4O. The molecule has 1 amide bonds. The van der Waals surface area contributed by atoms with Crippen molar-refractivity contribution in [1.29, 1.82) is 0 Å². The Morgan fingerprint density at radius 1 is 1.37 bits per heavy atom. The van der Waals surface area contributed by atoms with Gasteiger partial charge in [0.25, 0.3) is 5.91 Å². The Labute approximate surface area is 110 Å². The van der Waals surface area contributed by atoms with Crippen LogP contribution in [0.2, 0.25) is 0 Å². The summed E-state index contributed by atoms with van der Waals surface area (Å²) >= 11 is 0. The van der Waals surface area contributed by atoms with Gasteiger partial charge in [-0.3, -0.25) is 4.79 Å². The molecule has 0 spiro atoms. The van der Waals surface area contributed by atoms with E-state index < -0.39 is 5.91 Å². The number of nitrogens with two attached hydrogens (primary N) is 1. The zero-order chi connectivity index (χ0) is 13.0. The first-order valence-electron chi connectivity index (χ1n) is 6.69. The summed E-state index contributed by atoms with van der Waals surface area (Å²) in [5, 5.41) is 0. The Kier molecular flexibility index (Phi) is 2.07. The van der Waals surface area contributed by atoms with E-state index in [1.165, 1.54) is 0 Å². The van der Waals surface area contributed by atoms with Crippen LogP contribution >= 0.6 is 0 Å². The molecule has 2 bridgehead atoms. The van der Waals surface area contributed by atoms with Crippen molar-refractivity contribution in [1.82, 2.24) is 14.9 Å². The molecule has 3 N–H and O–H groups in total. The molecule has 2 aromatic rings. The highest BCUT2D eigenvalue weighted by molar-refractivity contribution is 6.04. The van der Waals surface area contributed by atoms with Crippen LogP contribution in [-0.4, -0.2) is 40.4 Å². The van der Waals surface area contributed by atoms with E-state index in [1.807, 2.05) is 12.1 Å². The monoisotopic (exact) mass is 256 g/mol. The van der Waals surface area contributed by atoms with Gasteiger partial charge >= 0.3 is 0 Å². The minimum Gasteiger partial charge on any atom is -0.366 e. The molecule has 1 aromatic heterocycles. The number of hydrogen-bond donors (Lipinski definition) is 2. The number of aromatic amines is 1. The van der Waals surface area contributed by atoms with Gasteiger partial charge in [0.1, 0.15) is 11.3 Å². The van der Waals surface area contributed by atoms with Crippen molar-refractivity contribution < 1.29 is 4.79 Å². The zero-order valence-corrected chi connectivity index (χ0v) is 10.6. The summed E-state index contributed by atoms with van der Waals surface area (Å²) < 4.78 is 0. The number of fused-ring (bicyclic) bond motifs is 3. The van der Waals surface area contributed by atoms with Crippen molar-refractivity contribution in [2.75, 3.05) is 19.6 Å². The molecule has 2 saturated heterocycles. The van der Waals surface area contributed by atoms with E-state index in [0.717, 1.165) is 43.8 Å². The number of carbonyl (C=O) groups excluding carboxylic acids is 1. The lowest BCUT2D eigenvalue weighted by atomic mass is 9.84. The number of primary amides is 1. The maximum absolute atomic E-state index is 11.5. The number of para-hydroxylation sites is 1. The fourth-order valence-corrected chi connectivity index (χ4v) is 3.52.